The molecule has 0 radical (unpaired) electrons. The first-order valence-electron chi connectivity index (χ1n) is 10.1. The summed E-state index contributed by atoms with van der Waals surface area (Å²) >= 11 is 0. The molecule has 1 amide bonds. The Morgan fingerprint density at radius 2 is 1.75 bits per heavy atom. The molecule has 1 aromatic rings. The number of carbonyl (C=O) groups excluding carboxylic acids is 1. The molecule has 0 bridgehead atoms. The molecule has 8 heteroatoms. The number of rotatable bonds is 6. The summed E-state index contributed by atoms with van der Waals surface area (Å²) < 4.78 is 36.5. The van der Waals surface area contributed by atoms with Gasteiger partial charge in [-0.25, -0.2) is 12.8 Å². The smallest absolute Gasteiger partial charge is 0.236 e. The number of nitrogens with zero attached hydrogens (tertiary/aromatic N) is 3. The number of carbonyl (C=O) groups is 1. The van der Waals surface area contributed by atoms with E-state index in [-0.39, 0.29) is 29.3 Å². The second-order valence-corrected chi connectivity index (χ2v) is 10.5. The predicted octanol–water partition coefficient (Wildman–Crippen LogP) is 1.12. The van der Waals surface area contributed by atoms with Crippen molar-refractivity contribution < 1.29 is 17.6 Å². The van der Waals surface area contributed by atoms with Gasteiger partial charge < -0.3 is 4.90 Å². The first kappa shape index (κ1) is 19.8. The van der Waals surface area contributed by atoms with Crippen molar-refractivity contribution in [3.63, 3.8) is 0 Å². The van der Waals surface area contributed by atoms with E-state index >= 15 is 0 Å². The third-order valence-corrected chi connectivity index (χ3v) is 7.84. The SMILES string of the molecule is O=C(CN(Cc1ccc(F)cc1)C1CC1)N1CCN(C2CCS(=O)(=O)C2)CC1. The lowest BCUT2D eigenvalue weighted by Gasteiger charge is -2.38. The predicted molar refractivity (Wildman–Crippen MR) is 105 cm³/mol. The molecule has 1 unspecified atom stereocenters. The molecular formula is C20H28FN3O3S. The second-order valence-electron chi connectivity index (χ2n) is 8.24. The second kappa shape index (κ2) is 8.08. The van der Waals surface area contributed by atoms with Gasteiger partial charge in [0.15, 0.2) is 9.84 Å². The number of benzene rings is 1. The largest absolute Gasteiger partial charge is 0.339 e. The monoisotopic (exact) mass is 409 g/mol. The lowest BCUT2D eigenvalue weighted by molar-refractivity contribution is -0.134. The molecule has 4 rings (SSSR count). The van der Waals surface area contributed by atoms with Crippen LogP contribution in [-0.4, -0.2) is 85.3 Å². The van der Waals surface area contributed by atoms with Crippen molar-refractivity contribution in [1.29, 1.82) is 0 Å². The average molecular weight is 410 g/mol. The van der Waals surface area contributed by atoms with E-state index < -0.39 is 9.84 Å². The zero-order chi connectivity index (χ0) is 19.7. The zero-order valence-electron chi connectivity index (χ0n) is 16.1. The number of hydrogen-bond donors (Lipinski definition) is 0. The van der Waals surface area contributed by atoms with Crippen molar-refractivity contribution in [1.82, 2.24) is 14.7 Å². The van der Waals surface area contributed by atoms with Crippen LogP contribution < -0.4 is 0 Å². The minimum atomic E-state index is -2.88. The van der Waals surface area contributed by atoms with Crippen LogP contribution >= 0.6 is 0 Å². The maximum absolute atomic E-state index is 13.1. The molecule has 1 aliphatic carbocycles. The molecule has 0 N–H and O–H groups in total. The van der Waals surface area contributed by atoms with Gasteiger partial charge in [0.05, 0.1) is 18.1 Å². The van der Waals surface area contributed by atoms with Crippen molar-refractivity contribution in [3.8, 4) is 0 Å². The van der Waals surface area contributed by atoms with E-state index in [1.807, 2.05) is 4.90 Å². The molecule has 0 spiro atoms. The molecule has 3 fully saturated rings. The van der Waals surface area contributed by atoms with E-state index in [2.05, 4.69) is 9.80 Å². The topological polar surface area (TPSA) is 60.9 Å². The van der Waals surface area contributed by atoms with Crippen LogP contribution in [-0.2, 0) is 21.2 Å². The third-order valence-electron chi connectivity index (χ3n) is 6.09. The van der Waals surface area contributed by atoms with Gasteiger partial charge in [0.1, 0.15) is 5.82 Å². The van der Waals surface area contributed by atoms with Crippen LogP contribution in [0.15, 0.2) is 24.3 Å². The van der Waals surface area contributed by atoms with E-state index in [1.165, 1.54) is 12.1 Å². The number of hydrogen-bond acceptors (Lipinski definition) is 5. The Hall–Kier alpha value is -1.51. The van der Waals surface area contributed by atoms with Gasteiger partial charge >= 0.3 is 0 Å². The van der Waals surface area contributed by atoms with E-state index in [9.17, 15) is 17.6 Å². The summed E-state index contributed by atoms with van der Waals surface area (Å²) in [6.07, 6.45) is 2.93. The maximum atomic E-state index is 13.1. The number of piperazine rings is 1. The van der Waals surface area contributed by atoms with E-state index in [0.717, 1.165) is 31.5 Å². The molecule has 6 nitrogen and oxygen atoms in total. The van der Waals surface area contributed by atoms with E-state index in [1.54, 1.807) is 12.1 Å². The third kappa shape index (κ3) is 4.90. The Morgan fingerprint density at radius 3 is 2.32 bits per heavy atom. The van der Waals surface area contributed by atoms with Gasteiger partial charge in [-0.3, -0.25) is 14.6 Å². The van der Waals surface area contributed by atoms with Crippen LogP contribution in [0.5, 0.6) is 0 Å². The summed E-state index contributed by atoms with van der Waals surface area (Å²) in [5.41, 5.74) is 1.02. The van der Waals surface area contributed by atoms with Crippen LogP contribution in [0.4, 0.5) is 4.39 Å². The normalized spacial score (nSPS) is 25.4. The minimum absolute atomic E-state index is 0.115. The summed E-state index contributed by atoms with van der Waals surface area (Å²) in [6, 6.07) is 7.05. The standard InChI is InChI=1S/C20H28FN3O3S/c21-17-3-1-16(2-4-17)13-24(18-5-6-18)14-20(25)23-10-8-22(9-11-23)19-7-12-28(26,27)15-19/h1-4,18-19H,5-15H2. The summed E-state index contributed by atoms with van der Waals surface area (Å²) in [4.78, 5) is 19.2. The number of halogens is 1. The average Bonchev–Trinajstić information content (AvgIpc) is 3.46. The molecule has 2 saturated heterocycles. The molecule has 2 heterocycles. The Kier molecular flexibility index (Phi) is 5.71. The van der Waals surface area contributed by atoms with Crippen LogP contribution in [0, 0.1) is 5.82 Å². The highest BCUT2D eigenvalue weighted by Gasteiger charge is 2.35. The van der Waals surface area contributed by atoms with Crippen molar-refractivity contribution in [2.24, 2.45) is 0 Å². The van der Waals surface area contributed by atoms with Crippen LogP contribution in [0.25, 0.3) is 0 Å². The molecule has 1 saturated carbocycles. The highest BCUT2D eigenvalue weighted by molar-refractivity contribution is 7.91. The quantitative estimate of drug-likeness (QED) is 0.705. The molecule has 1 atom stereocenters. The van der Waals surface area contributed by atoms with Crippen LogP contribution in [0.3, 0.4) is 0 Å². The molecule has 154 valence electrons. The van der Waals surface area contributed by atoms with Gasteiger partial charge in [-0.05, 0) is 37.0 Å². The fourth-order valence-electron chi connectivity index (χ4n) is 4.25. The van der Waals surface area contributed by atoms with Crippen LogP contribution in [0.1, 0.15) is 24.8 Å². The fourth-order valence-corrected chi connectivity index (χ4v) is 6.01. The molecule has 2 aliphatic heterocycles. The van der Waals surface area contributed by atoms with Crippen molar-refractivity contribution >= 4 is 15.7 Å². The van der Waals surface area contributed by atoms with Gasteiger partial charge in [0.2, 0.25) is 5.91 Å². The van der Waals surface area contributed by atoms with Crippen molar-refractivity contribution in [2.45, 2.75) is 37.9 Å². The Bertz CT molecular complexity index is 802. The van der Waals surface area contributed by atoms with E-state index in [0.29, 0.717) is 38.6 Å². The summed E-state index contributed by atoms with van der Waals surface area (Å²) in [5.74, 6) is 0.434. The number of amides is 1. The van der Waals surface area contributed by atoms with Gasteiger partial charge in [-0.2, -0.15) is 0 Å². The molecular weight excluding hydrogens is 381 g/mol. The Morgan fingerprint density at radius 1 is 1.07 bits per heavy atom. The lowest BCUT2D eigenvalue weighted by Crippen LogP contribution is -2.54. The molecule has 28 heavy (non-hydrogen) atoms. The van der Waals surface area contributed by atoms with Gasteiger partial charge in [-0.15, -0.1) is 0 Å². The van der Waals surface area contributed by atoms with Crippen molar-refractivity contribution in [3.05, 3.63) is 35.6 Å². The minimum Gasteiger partial charge on any atom is -0.339 e. The summed E-state index contributed by atoms with van der Waals surface area (Å²) in [6.45, 7) is 3.85. The van der Waals surface area contributed by atoms with Gasteiger partial charge in [0, 0.05) is 44.8 Å². The highest BCUT2D eigenvalue weighted by atomic mass is 32.2. The Labute approximate surface area is 166 Å². The Balaban J connectivity index is 1.29. The first-order valence-corrected chi connectivity index (χ1v) is 11.9. The lowest BCUT2D eigenvalue weighted by atomic mass is 10.2. The van der Waals surface area contributed by atoms with Crippen LogP contribution in [0.2, 0.25) is 0 Å². The van der Waals surface area contributed by atoms with Gasteiger partial charge in [0.25, 0.3) is 0 Å². The maximum Gasteiger partial charge on any atom is 0.236 e. The molecule has 0 aromatic heterocycles. The summed E-state index contributed by atoms with van der Waals surface area (Å²) in [5, 5.41) is 0. The summed E-state index contributed by atoms with van der Waals surface area (Å²) in [7, 11) is -2.88. The first-order chi connectivity index (χ1) is 13.4. The van der Waals surface area contributed by atoms with Crippen molar-refractivity contribution in [2.75, 3.05) is 44.2 Å². The highest BCUT2D eigenvalue weighted by Crippen LogP contribution is 2.28. The molecule has 3 aliphatic rings. The molecule has 1 aromatic carbocycles. The van der Waals surface area contributed by atoms with Gasteiger partial charge in [-0.1, -0.05) is 12.1 Å². The van der Waals surface area contributed by atoms with E-state index in [4.69, 9.17) is 0 Å². The number of sulfone groups is 1. The fraction of sp³-hybridized carbons (Fsp3) is 0.650. The zero-order valence-corrected chi connectivity index (χ0v) is 16.9.